The van der Waals surface area contributed by atoms with Gasteiger partial charge in [-0.25, -0.2) is 0 Å². The summed E-state index contributed by atoms with van der Waals surface area (Å²) in [4.78, 5) is 13.2. The van der Waals surface area contributed by atoms with Crippen LogP contribution in [0.3, 0.4) is 0 Å². The van der Waals surface area contributed by atoms with Crippen molar-refractivity contribution in [3.63, 3.8) is 0 Å². The number of likely N-dealkylation sites (tertiary alicyclic amines) is 1. The van der Waals surface area contributed by atoms with Gasteiger partial charge in [-0.2, -0.15) is 5.10 Å². The van der Waals surface area contributed by atoms with Crippen LogP contribution in [0.4, 0.5) is 0 Å². The summed E-state index contributed by atoms with van der Waals surface area (Å²) >= 11 is 0. The summed E-state index contributed by atoms with van der Waals surface area (Å²) in [6.07, 6.45) is 1.27. The third-order valence-corrected chi connectivity index (χ3v) is 4.31. The zero-order chi connectivity index (χ0) is 14.2. The van der Waals surface area contributed by atoms with E-state index in [4.69, 9.17) is 5.11 Å². The second kappa shape index (κ2) is 5.33. The van der Waals surface area contributed by atoms with Crippen LogP contribution < -0.4 is 0 Å². The van der Waals surface area contributed by atoms with Crippen molar-refractivity contribution in [2.75, 3.05) is 13.1 Å². The van der Waals surface area contributed by atoms with E-state index in [1.165, 1.54) is 11.3 Å². The van der Waals surface area contributed by atoms with E-state index in [9.17, 15) is 4.79 Å². The Morgan fingerprint density at radius 1 is 1.53 bits per heavy atom. The number of aliphatic carboxylic acids is 1. The highest BCUT2D eigenvalue weighted by Gasteiger charge is 2.30. The molecule has 1 aromatic rings. The van der Waals surface area contributed by atoms with Gasteiger partial charge in [0, 0.05) is 37.3 Å². The number of carboxylic acids is 1. The first-order valence-electron chi connectivity index (χ1n) is 6.86. The smallest absolute Gasteiger partial charge is 0.303 e. The number of nitrogens with zero attached hydrogens (tertiary/aromatic N) is 3. The summed E-state index contributed by atoms with van der Waals surface area (Å²) < 4.78 is 1.92. The molecule has 1 fully saturated rings. The Hall–Kier alpha value is -1.36. The molecule has 2 unspecified atom stereocenters. The van der Waals surface area contributed by atoms with E-state index in [1.54, 1.807) is 0 Å². The highest BCUT2D eigenvalue weighted by molar-refractivity contribution is 5.67. The lowest BCUT2D eigenvalue weighted by Crippen LogP contribution is -2.25. The molecule has 5 nitrogen and oxygen atoms in total. The van der Waals surface area contributed by atoms with Crippen LogP contribution in [0.2, 0.25) is 0 Å². The minimum Gasteiger partial charge on any atom is -0.481 e. The standard InChI is InChI=1S/C14H23N3O2/c1-9-14(10(2)16(4)15-9)11(3)17-6-5-12(8-17)7-13(18)19/h11-12H,5-8H2,1-4H3,(H,18,19). The van der Waals surface area contributed by atoms with Crippen molar-refractivity contribution in [1.29, 1.82) is 0 Å². The minimum atomic E-state index is -0.687. The first-order valence-corrected chi connectivity index (χ1v) is 6.86. The quantitative estimate of drug-likeness (QED) is 0.903. The molecule has 0 aromatic carbocycles. The topological polar surface area (TPSA) is 58.4 Å². The zero-order valence-electron chi connectivity index (χ0n) is 12.2. The molecule has 1 aromatic heterocycles. The van der Waals surface area contributed by atoms with Gasteiger partial charge in [0.2, 0.25) is 0 Å². The van der Waals surface area contributed by atoms with Gasteiger partial charge in [0.05, 0.1) is 5.69 Å². The molecular weight excluding hydrogens is 242 g/mol. The van der Waals surface area contributed by atoms with Crippen LogP contribution in [0.1, 0.15) is 42.8 Å². The molecule has 0 radical (unpaired) electrons. The molecule has 1 saturated heterocycles. The van der Waals surface area contributed by atoms with Gasteiger partial charge in [0.15, 0.2) is 0 Å². The van der Waals surface area contributed by atoms with Crippen LogP contribution in [-0.2, 0) is 11.8 Å². The van der Waals surface area contributed by atoms with Crippen LogP contribution in [0.5, 0.6) is 0 Å². The molecule has 2 heterocycles. The van der Waals surface area contributed by atoms with E-state index < -0.39 is 5.97 Å². The molecule has 0 saturated carbocycles. The number of hydrogen-bond donors (Lipinski definition) is 1. The summed E-state index contributed by atoms with van der Waals surface area (Å²) in [7, 11) is 1.97. The van der Waals surface area contributed by atoms with E-state index >= 15 is 0 Å². The average Bonchev–Trinajstić information content (AvgIpc) is 2.84. The number of carboxylic acid groups (broad SMARTS) is 1. The fourth-order valence-electron chi connectivity index (χ4n) is 3.21. The fourth-order valence-corrected chi connectivity index (χ4v) is 3.21. The average molecular weight is 265 g/mol. The number of hydrogen-bond acceptors (Lipinski definition) is 3. The highest BCUT2D eigenvalue weighted by Crippen LogP contribution is 2.31. The summed E-state index contributed by atoms with van der Waals surface area (Å²) in [5.41, 5.74) is 3.57. The molecule has 1 aliphatic rings. The normalized spacial score (nSPS) is 21.8. The molecule has 0 amide bonds. The largest absolute Gasteiger partial charge is 0.481 e. The van der Waals surface area contributed by atoms with Gasteiger partial charge in [-0.1, -0.05) is 0 Å². The molecule has 1 N–H and O–H groups in total. The molecule has 106 valence electrons. The molecule has 0 spiro atoms. The first-order chi connectivity index (χ1) is 8.90. The Balaban J connectivity index is 2.09. The monoisotopic (exact) mass is 265 g/mol. The van der Waals surface area contributed by atoms with Crippen molar-refractivity contribution in [1.82, 2.24) is 14.7 Å². The SMILES string of the molecule is Cc1nn(C)c(C)c1C(C)N1CCC(CC(=O)O)C1. The Morgan fingerprint density at radius 3 is 2.74 bits per heavy atom. The van der Waals surface area contributed by atoms with Gasteiger partial charge >= 0.3 is 5.97 Å². The predicted octanol–water partition coefficient (Wildman–Crippen LogP) is 1.89. The minimum absolute atomic E-state index is 0.286. The summed E-state index contributed by atoms with van der Waals surface area (Å²) in [6, 6.07) is 0.312. The van der Waals surface area contributed by atoms with Crippen molar-refractivity contribution in [2.24, 2.45) is 13.0 Å². The van der Waals surface area contributed by atoms with Crippen LogP contribution in [0, 0.1) is 19.8 Å². The maximum absolute atomic E-state index is 10.8. The second-order valence-corrected chi connectivity index (χ2v) is 5.63. The van der Waals surface area contributed by atoms with Gasteiger partial charge in [-0.15, -0.1) is 0 Å². The molecule has 2 rings (SSSR count). The molecule has 2 atom stereocenters. The fraction of sp³-hybridized carbons (Fsp3) is 0.714. The summed E-state index contributed by atoms with van der Waals surface area (Å²) in [6.45, 7) is 8.19. The van der Waals surface area contributed by atoms with Crippen molar-refractivity contribution in [2.45, 2.75) is 39.7 Å². The van der Waals surface area contributed by atoms with Gasteiger partial charge < -0.3 is 5.11 Å². The lowest BCUT2D eigenvalue weighted by Gasteiger charge is -2.25. The van der Waals surface area contributed by atoms with E-state index in [-0.39, 0.29) is 12.3 Å². The predicted molar refractivity (Wildman–Crippen MR) is 73.0 cm³/mol. The zero-order valence-corrected chi connectivity index (χ0v) is 12.2. The van der Waals surface area contributed by atoms with E-state index in [0.29, 0.717) is 6.04 Å². The van der Waals surface area contributed by atoms with Crippen molar-refractivity contribution in [3.8, 4) is 0 Å². The first kappa shape index (κ1) is 14.1. The Morgan fingerprint density at radius 2 is 2.21 bits per heavy atom. The lowest BCUT2D eigenvalue weighted by molar-refractivity contribution is -0.138. The number of carbonyl (C=O) groups is 1. The number of aromatic nitrogens is 2. The van der Waals surface area contributed by atoms with Crippen LogP contribution in [0.15, 0.2) is 0 Å². The van der Waals surface area contributed by atoms with Crippen LogP contribution >= 0.6 is 0 Å². The van der Waals surface area contributed by atoms with Gasteiger partial charge in [0.1, 0.15) is 0 Å². The second-order valence-electron chi connectivity index (χ2n) is 5.63. The van der Waals surface area contributed by atoms with Crippen molar-refractivity contribution < 1.29 is 9.90 Å². The highest BCUT2D eigenvalue weighted by atomic mass is 16.4. The number of aryl methyl sites for hydroxylation is 2. The molecular formula is C14H23N3O2. The third-order valence-electron chi connectivity index (χ3n) is 4.31. The number of rotatable bonds is 4. The summed E-state index contributed by atoms with van der Waals surface area (Å²) in [5, 5.41) is 13.3. The Bertz CT molecular complexity index is 481. The molecule has 5 heteroatoms. The van der Waals surface area contributed by atoms with E-state index in [1.807, 2.05) is 18.7 Å². The maximum Gasteiger partial charge on any atom is 0.303 e. The molecule has 1 aliphatic heterocycles. The maximum atomic E-state index is 10.8. The van der Waals surface area contributed by atoms with Crippen molar-refractivity contribution in [3.05, 3.63) is 17.0 Å². The van der Waals surface area contributed by atoms with Crippen LogP contribution in [-0.4, -0.2) is 38.8 Å². The van der Waals surface area contributed by atoms with Crippen molar-refractivity contribution >= 4 is 5.97 Å². The van der Waals surface area contributed by atoms with Gasteiger partial charge in [-0.05, 0) is 39.7 Å². The van der Waals surface area contributed by atoms with Gasteiger partial charge in [0.25, 0.3) is 0 Å². The molecule has 19 heavy (non-hydrogen) atoms. The summed E-state index contributed by atoms with van der Waals surface area (Å²) in [5.74, 6) is -0.398. The molecule has 0 aliphatic carbocycles. The lowest BCUT2D eigenvalue weighted by atomic mass is 10.0. The van der Waals surface area contributed by atoms with E-state index in [0.717, 1.165) is 25.2 Å². The van der Waals surface area contributed by atoms with Gasteiger partial charge in [-0.3, -0.25) is 14.4 Å². The Kier molecular flexibility index (Phi) is 3.94. The Labute approximate surface area is 114 Å². The third kappa shape index (κ3) is 2.81. The van der Waals surface area contributed by atoms with E-state index in [2.05, 4.69) is 23.8 Å². The molecule has 0 bridgehead atoms. The van der Waals surface area contributed by atoms with Crippen LogP contribution in [0.25, 0.3) is 0 Å².